The highest BCUT2D eigenvalue weighted by Gasteiger charge is 2.37. The van der Waals surface area contributed by atoms with Crippen molar-refractivity contribution in [1.82, 2.24) is 5.32 Å². The molecule has 1 aliphatic heterocycles. The average molecular weight is 583 g/mol. The van der Waals surface area contributed by atoms with E-state index in [-0.39, 0.29) is 23.8 Å². The topological polar surface area (TPSA) is 105 Å². The van der Waals surface area contributed by atoms with E-state index in [2.05, 4.69) is 26.6 Å². The van der Waals surface area contributed by atoms with Crippen LogP contribution in [0.1, 0.15) is 16.7 Å². The first-order chi connectivity index (χ1) is 17.6. The molecule has 1 fully saturated rings. The minimum absolute atomic E-state index is 0.218. The minimum Gasteiger partial charge on any atom is -0.483 e. The maximum atomic E-state index is 13.2. The fourth-order valence-corrected chi connectivity index (χ4v) is 4.26. The fraction of sp³-hybridized carbons (Fsp3) is 0.111. The van der Waals surface area contributed by atoms with Crippen molar-refractivity contribution < 1.29 is 23.9 Å². The first kappa shape index (κ1) is 26.1. The highest BCUT2D eigenvalue weighted by molar-refractivity contribution is 9.10. The molecule has 1 saturated heterocycles. The predicted octanol–water partition coefficient (Wildman–Crippen LogP) is 5.40. The van der Waals surface area contributed by atoms with E-state index in [1.54, 1.807) is 55.5 Å². The van der Waals surface area contributed by atoms with Gasteiger partial charge in [-0.25, -0.2) is 9.69 Å². The summed E-state index contributed by atoms with van der Waals surface area (Å²) in [7, 11) is 0. The first-order valence-corrected chi connectivity index (χ1v) is 12.3. The molecule has 0 bridgehead atoms. The molecule has 2 N–H and O–H groups in total. The van der Waals surface area contributed by atoms with Crippen LogP contribution in [0.15, 0.2) is 70.7 Å². The summed E-state index contributed by atoms with van der Waals surface area (Å²) in [6.07, 6.45) is 1.37. The molecule has 3 aromatic rings. The third-order valence-corrected chi connectivity index (χ3v) is 6.57. The maximum absolute atomic E-state index is 13.2. The van der Waals surface area contributed by atoms with Crippen LogP contribution >= 0.6 is 27.5 Å². The minimum atomic E-state index is -0.855. The van der Waals surface area contributed by atoms with E-state index >= 15 is 0 Å². The second kappa shape index (κ2) is 11.0. The Hall–Kier alpha value is -3.95. The van der Waals surface area contributed by atoms with Gasteiger partial charge in [0.2, 0.25) is 0 Å². The lowest BCUT2D eigenvalue weighted by atomic mass is 10.1. The number of amides is 5. The number of carbonyl (C=O) groups is 4. The van der Waals surface area contributed by atoms with Gasteiger partial charge in [0.05, 0.1) is 10.2 Å². The molecular formula is C27H21BrClN3O5. The number of benzene rings is 3. The van der Waals surface area contributed by atoms with E-state index in [0.29, 0.717) is 32.1 Å². The zero-order chi connectivity index (χ0) is 26.7. The summed E-state index contributed by atoms with van der Waals surface area (Å²) in [4.78, 5) is 51.2. The van der Waals surface area contributed by atoms with Gasteiger partial charge in [-0.3, -0.25) is 19.7 Å². The number of nitrogens with one attached hydrogen (secondary N) is 2. The van der Waals surface area contributed by atoms with Crippen molar-refractivity contribution in [1.29, 1.82) is 0 Å². The molecule has 0 spiro atoms. The average Bonchev–Trinajstić information content (AvgIpc) is 2.85. The molecule has 188 valence electrons. The van der Waals surface area contributed by atoms with Crippen molar-refractivity contribution in [3.63, 3.8) is 0 Å². The lowest BCUT2D eigenvalue weighted by molar-refractivity contribution is -0.122. The fourth-order valence-electron chi connectivity index (χ4n) is 3.58. The van der Waals surface area contributed by atoms with Gasteiger partial charge in [-0.05, 0) is 83.4 Å². The lowest BCUT2D eigenvalue weighted by Gasteiger charge is -2.27. The second-order valence-corrected chi connectivity index (χ2v) is 9.50. The molecule has 1 heterocycles. The molecule has 0 aromatic heterocycles. The molecule has 1 aliphatic rings. The number of anilines is 2. The molecule has 10 heteroatoms. The molecule has 3 aromatic carbocycles. The molecule has 0 radical (unpaired) electrons. The highest BCUT2D eigenvalue weighted by atomic mass is 79.9. The van der Waals surface area contributed by atoms with Crippen LogP contribution < -0.4 is 20.3 Å². The van der Waals surface area contributed by atoms with Gasteiger partial charge in [0.15, 0.2) is 6.61 Å². The van der Waals surface area contributed by atoms with Crippen molar-refractivity contribution in [2.24, 2.45) is 0 Å². The van der Waals surface area contributed by atoms with Gasteiger partial charge in [0, 0.05) is 10.7 Å². The number of hydrogen-bond acceptors (Lipinski definition) is 5. The molecule has 5 amide bonds. The number of barbiturate groups is 1. The van der Waals surface area contributed by atoms with Gasteiger partial charge in [-0.15, -0.1) is 0 Å². The van der Waals surface area contributed by atoms with Gasteiger partial charge in [0.1, 0.15) is 11.3 Å². The predicted molar refractivity (Wildman–Crippen MR) is 145 cm³/mol. The van der Waals surface area contributed by atoms with Crippen molar-refractivity contribution in [3.05, 3.63) is 92.4 Å². The Bertz CT molecular complexity index is 1450. The summed E-state index contributed by atoms with van der Waals surface area (Å²) in [5, 5.41) is 5.33. The largest absolute Gasteiger partial charge is 0.483 e. The van der Waals surface area contributed by atoms with Gasteiger partial charge < -0.3 is 10.1 Å². The van der Waals surface area contributed by atoms with Crippen LogP contribution in [-0.2, 0) is 14.4 Å². The number of aryl methyl sites for hydroxylation is 1. The van der Waals surface area contributed by atoms with Crippen molar-refractivity contribution in [3.8, 4) is 5.75 Å². The van der Waals surface area contributed by atoms with E-state index in [4.69, 9.17) is 16.3 Å². The Morgan fingerprint density at radius 1 is 1.08 bits per heavy atom. The van der Waals surface area contributed by atoms with Gasteiger partial charge in [0.25, 0.3) is 17.7 Å². The van der Waals surface area contributed by atoms with Crippen LogP contribution in [0.5, 0.6) is 5.75 Å². The molecule has 0 atom stereocenters. The summed E-state index contributed by atoms with van der Waals surface area (Å²) in [6.45, 7) is 3.41. The second-order valence-electron chi connectivity index (χ2n) is 8.23. The number of urea groups is 1. The Balaban J connectivity index is 1.49. The normalized spacial score (nSPS) is 14.5. The molecule has 0 unspecified atom stereocenters. The molecular weight excluding hydrogens is 562 g/mol. The summed E-state index contributed by atoms with van der Waals surface area (Å²) < 4.78 is 6.11. The van der Waals surface area contributed by atoms with Crippen LogP contribution in [-0.4, -0.2) is 30.4 Å². The van der Waals surface area contributed by atoms with E-state index < -0.39 is 17.8 Å². The number of ether oxygens (including phenoxy) is 1. The monoisotopic (exact) mass is 581 g/mol. The third kappa shape index (κ3) is 5.90. The molecule has 0 aliphatic carbocycles. The molecule has 0 saturated carbocycles. The Labute approximate surface area is 226 Å². The van der Waals surface area contributed by atoms with Crippen LogP contribution in [0.4, 0.5) is 16.2 Å². The van der Waals surface area contributed by atoms with Crippen molar-refractivity contribution in [2.75, 3.05) is 16.8 Å². The summed E-state index contributed by atoms with van der Waals surface area (Å²) in [6, 6.07) is 16.2. The summed E-state index contributed by atoms with van der Waals surface area (Å²) in [5.41, 5.74) is 2.82. The number of hydrogen-bond donors (Lipinski definition) is 2. The van der Waals surface area contributed by atoms with E-state index in [1.165, 1.54) is 6.08 Å². The zero-order valence-electron chi connectivity index (χ0n) is 19.8. The number of nitrogens with zero attached hydrogens (tertiary/aromatic N) is 1. The first-order valence-electron chi connectivity index (χ1n) is 11.1. The van der Waals surface area contributed by atoms with E-state index in [0.717, 1.165) is 10.5 Å². The standard InChI is InChI=1S/C27H21BrClN3O5/c1-15-6-9-18(10-7-15)30-24(33)14-37-23-11-8-17(13-20(23)28)12-19-25(34)31-27(36)32(26(19)35)22-5-3-4-21(29)16(22)2/h3-13H,14H2,1-2H3,(H,30,33)(H,31,34,36)/b19-12+. The van der Waals surface area contributed by atoms with Crippen molar-refractivity contribution >= 4 is 68.7 Å². The van der Waals surface area contributed by atoms with Gasteiger partial charge >= 0.3 is 6.03 Å². The van der Waals surface area contributed by atoms with Gasteiger partial charge in [-0.1, -0.05) is 41.4 Å². The van der Waals surface area contributed by atoms with E-state index in [9.17, 15) is 19.2 Å². The quantitative estimate of drug-likeness (QED) is 0.299. The number of carbonyl (C=O) groups excluding carboxylic acids is 4. The number of halogens is 2. The Morgan fingerprint density at radius 2 is 1.81 bits per heavy atom. The third-order valence-electron chi connectivity index (χ3n) is 5.54. The molecule has 8 nitrogen and oxygen atoms in total. The Kier molecular flexibility index (Phi) is 7.75. The Morgan fingerprint density at radius 3 is 2.51 bits per heavy atom. The highest BCUT2D eigenvalue weighted by Crippen LogP contribution is 2.31. The summed E-state index contributed by atoms with van der Waals surface area (Å²) in [5.74, 6) is -1.52. The lowest BCUT2D eigenvalue weighted by Crippen LogP contribution is -2.54. The maximum Gasteiger partial charge on any atom is 0.335 e. The summed E-state index contributed by atoms with van der Waals surface area (Å²) >= 11 is 9.55. The zero-order valence-corrected chi connectivity index (χ0v) is 22.1. The molecule has 4 rings (SSSR count). The van der Waals surface area contributed by atoms with Crippen LogP contribution in [0.2, 0.25) is 5.02 Å². The number of rotatable bonds is 6. The van der Waals surface area contributed by atoms with Gasteiger partial charge in [-0.2, -0.15) is 0 Å². The van der Waals surface area contributed by atoms with E-state index in [1.807, 2.05) is 19.1 Å². The SMILES string of the molecule is Cc1ccc(NC(=O)COc2ccc(/C=C3\C(=O)NC(=O)N(c4cccc(Cl)c4C)C3=O)cc2Br)cc1. The number of imide groups is 2. The van der Waals surface area contributed by atoms with Crippen LogP contribution in [0, 0.1) is 13.8 Å². The van der Waals surface area contributed by atoms with Crippen LogP contribution in [0.25, 0.3) is 6.08 Å². The van der Waals surface area contributed by atoms with Crippen LogP contribution in [0.3, 0.4) is 0 Å². The smallest absolute Gasteiger partial charge is 0.335 e. The molecule has 37 heavy (non-hydrogen) atoms. The van der Waals surface area contributed by atoms with Crippen molar-refractivity contribution in [2.45, 2.75) is 13.8 Å².